The number of halogens is 2. The molecule has 0 bridgehead atoms. The maximum absolute atomic E-state index is 14.5. The van der Waals surface area contributed by atoms with E-state index in [1.165, 1.54) is 32.1 Å². The third-order valence-electron chi connectivity index (χ3n) is 4.58. The smallest absolute Gasteiger partial charge is 0.142 e. The van der Waals surface area contributed by atoms with Gasteiger partial charge < -0.3 is 5.32 Å². The molecule has 0 aliphatic heterocycles. The quantitative estimate of drug-likeness (QED) is 0.734. The lowest BCUT2D eigenvalue weighted by Gasteiger charge is -2.42. The van der Waals surface area contributed by atoms with Crippen molar-refractivity contribution in [2.75, 3.05) is 6.54 Å². The molecule has 1 atom stereocenters. The molecular formula is C17H25BrFN. The SMILES string of the molecule is CCCNC(c1cccc(Br)c1F)C1(C)CCCCC1. The van der Waals surface area contributed by atoms with Gasteiger partial charge in [-0.1, -0.05) is 45.2 Å². The molecule has 1 aromatic carbocycles. The van der Waals surface area contributed by atoms with Crippen molar-refractivity contribution < 1.29 is 4.39 Å². The van der Waals surface area contributed by atoms with E-state index in [1.807, 2.05) is 12.1 Å². The highest BCUT2D eigenvalue weighted by Gasteiger charge is 2.37. The molecular weight excluding hydrogens is 317 g/mol. The van der Waals surface area contributed by atoms with Crippen LogP contribution in [0.4, 0.5) is 4.39 Å². The number of hydrogen-bond acceptors (Lipinski definition) is 1. The predicted molar refractivity (Wildman–Crippen MR) is 86.3 cm³/mol. The Balaban J connectivity index is 2.33. The van der Waals surface area contributed by atoms with E-state index in [4.69, 9.17) is 0 Å². The summed E-state index contributed by atoms with van der Waals surface area (Å²) in [7, 11) is 0. The largest absolute Gasteiger partial charge is 0.309 e. The summed E-state index contributed by atoms with van der Waals surface area (Å²) in [5.41, 5.74) is 0.979. The molecule has 1 aromatic rings. The zero-order valence-corrected chi connectivity index (χ0v) is 14.1. The van der Waals surface area contributed by atoms with Gasteiger partial charge in [0.15, 0.2) is 0 Å². The molecule has 20 heavy (non-hydrogen) atoms. The lowest BCUT2D eigenvalue weighted by Crippen LogP contribution is -2.38. The molecule has 1 unspecified atom stereocenters. The summed E-state index contributed by atoms with van der Waals surface area (Å²) in [6, 6.07) is 5.77. The standard InChI is InChI=1S/C17H25BrFN/c1-3-12-20-16(17(2)10-5-4-6-11-17)13-8-7-9-14(18)15(13)19/h7-9,16,20H,3-6,10-12H2,1-2H3. The third-order valence-corrected chi connectivity index (χ3v) is 5.20. The van der Waals surface area contributed by atoms with E-state index in [9.17, 15) is 4.39 Å². The summed E-state index contributed by atoms with van der Waals surface area (Å²) < 4.78 is 15.1. The van der Waals surface area contributed by atoms with E-state index in [0.29, 0.717) is 4.47 Å². The highest BCUT2D eigenvalue weighted by molar-refractivity contribution is 9.10. The van der Waals surface area contributed by atoms with Crippen molar-refractivity contribution >= 4 is 15.9 Å². The average Bonchev–Trinajstić information content (AvgIpc) is 2.44. The Morgan fingerprint density at radius 1 is 1.30 bits per heavy atom. The van der Waals surface area contributed by atoms with Crippen LogP contribution in [-0.4, -0.2) is 6.54 Å². The fraction of sp³-hybridized carbons (Fsp3) is 0.647. The van der Waals surface area contributed by atoms with Crippen molar-refractivity contribution in [1.29, 1.82) is 0 Å². The van der Waals surface area contributed by atoms with Crippen molar-refractivity contribution in [2.45, 2.75) is 58.4 Å². The van der Waals surface area contributed by atoms with Crippen LogP contribution in [0.1, 0.15) is 64.0 Å². The Morgan fingerprint density at radius 3 is 2.65 bits per heavy atom. The zero-order valence-electron chi connectivity index (χ0n) is 12.5. The van der Waals surface area contributed by atoms with Gasteiger partial charge in [-0.2, -0.15) is 0 Å². The molecule has 1 aliphatic carbocycles. The molecule has 0 radical (unpaired) electrons. The first-order chi connectivity index (χ1) is 9.58. The highest BCUT2D eigenvalue weighted by atomic mass is 79.9. The Bertz CT molecular complexity index is 441. The van der Waals surface area contributed by atoms with E-state index >= 15 is 0 Å². The minimum atomic E-state index is -0.104. The van der Waals surface area contributed by atoms with Crippen LogP contribution in [0, 0.1) is 11.2 Å². The van der Waals surface area contributed by atoms with Gasteiger partial charge in [0.25, 0.3) is 0 Å². The number of hydrogen-bond donors (Lipinski definition) is 1. The van der Waals surface area contributed by atoms with Crippen molar-refractivity contribution in [1.82, 2.24) is 5.32 Å². The van der Waals surface area contributed by atoms with Crippen molar-refractivity contribution in [2.24, 2.45) is 5.41 Å². The highest BCUT2D eigenvalue weighted by Crippen LogP contribution is 2.46. The second-order valence-electron chi connectivity index (χ2n) is 6.24. The fourth-order valence-corrected chi connectivity index (χ4v) is 3.79. The Morgan fingerprint density at radius 2 is 2.00 bits per heavy atom. The van der Waals surface area contributed by atoms with Crippen molar-refractivity contribution in [3.8, 4) is 0 Å². The van der Waals surface area contributed by atoms with Gasteiger partial charge >= 0.3 is 0 Å². The van der Waals surface area contributed by atoms with E-state index in [2.05, 4.69) is 35.1 Å². The fourth-order valence-electron chi connectivity index (χ4n) is 3.41. The van der Waals surface area contributed by atoms with Gasteiger partial charge in [-0.15, -0.1) is 0 Å². The average molecular weight is 342 g/mol. The van der Waals surface area contributed by atoms with Crippen molar-refractivity contribution in [3.05, 3.63) is 34.1 Å². The van der Waals surface area contributed by atoms with Gasteiger partial charge in [0, 0.05) is 11.6 Å². The summed E-state index contributed by atoms with van der Waals surface area (Å²) in [6.07, 6.45) is 7.27. The molecule has 0 amide bonds. The van der Waals surface area contributed by atoms with Gasteiger partial charge in [0.05, 0.1) is 4.47 Å². The van der Waals surface area contributed by atoms with Crippen LogP contribution in [0.5, 0.6) is 0 Å². The molecule has 2 rings (SSSR count). The van der Waals surface area contributed by atoms with Gasteiger partial charge in [0.2, 0.25) is 0 Å². The topological polar surface area (TPSA) is 12.0 Å². The zero-order chi connectivity index (χ0) is 14.6. The second kappa shape index (κ2) is 7.04. The van der Waals surface area contributed by atoms with Crippen molar-refractivity contribution in [3.63, 3.8) is 0 Å². The summed E-state index contributed by atoms with van der Waals surface area (Å²) >= 11 is 3.32. The molecule has 1 saturated carbocycles. The van der Waals surface area contributed by atoms with Gasteiger partial charge in [-0.25, -0.2) is 4.39 Å². The van der Waals surface area contributed by atoms with Gasteiger partial charge in [-0.05, 0) is 53.2 Å². The molecule has 1 fully saturated rings. The van der Waals surface area contributed by atoms with E-state index in [0.717, 1.165) is 18.5 Å². The summed E-state index contributed by atoms with van der Waals surface area (Å²) in [5, 5.41) is 3.60. The van der Waals surface area contributed by atoms with Crippen LogP contribution >= 0.6 is 15.9 Å². The van der Waals surface area contributed by atoms with Crippen LogP contribution in [-0.2, 0) is 0 Å². The third kappa shape index (κ3) is 3.43. The molecule has 112 valence electrons. The minimum absolute atomic E-state index is 0.104. The first-order valence-corrected chi connectivity index (χ1v) is 8.55. The minimum Gasteiger partial charge on any atom is -0.309 e. The first-order valence-electron chi connectivity index (χ1n) is 7.76. The number of nitrogens with one attached hydrogen (secondary N) is 1. The Kier molecular flexibility index (Phi) is 5.62. The van der Waals surface area contributed by atoms with Crippen LogP contribution in [0.25, 0.3) is 0 Å². The number of rotatable bonds is 5. The lowest BCUT2D eigenvalue weighted by molar-refractivity contribution is 0.142. The molecule has 0 saturated heterocycles. The summed E-state index contributed by atoms with van der Waals surface area (Å²) in [4.78, 5) is 0. The van der Waals surface area contributed by atoms with Crippen LogP contribution in [0.3, 0.4) is 0 Å². The van der Waals surface area contributed by atoms with Crippen LogP contribution in [0.15, 0.2) is 22.7 Å². The lowest BCUT2D eigenvalue weighted by atomic mass is 9.68. The van der Waals surface area contributed by atoms with Crippen LogP contribution in [0.2, 0.25) is 0 Å². The Labute approximate surface area is 130 Å². The number of benzene rings is 1. The van der Waals surface area contributed by atoms with Gasteiger partial charge in [-0.3, -0.25) is 0 Å². The maximum atomic E-state index is 14.5. The van der Waals surface area contributed by atoms with E-state index in [-0.39, 0.29) is 17.3 Å². The molecule has 1 N–H and O–H groups in total. The van der Waals surface area contributed by atoms with Gasteiger partial charge in [0.1, 0.15) is 5.82 Å². The second-order valence-corrected chi connectivity index (χ2v) is 7.10. The maximum Gasteiger partial charge on any atom is 0.142 e. The van der Waals surface area contributed by atoms with Crippen LogP contribution < -0.4 is 5.32 Å². The summed E-state index contributed by atoms with van der Waals surface area (Å²) in [5.74, 6) is -0.104. The molecule has 1 aliphatic rings. The molecule has 0 heterocycles. The predicted octanol–water partition coefficient (Wildman–Crippen LogP) is 5.60. The first kappa shape index (κ1) is 16.0. The normalized spacial score (nSPS) is 19.8. The molecule has 0 spiro atoms. The summed E-state index contributed by atoms with van der Waals surface area (Å²) in [6.45, 7) is 5.41. The monoisotopic (exact) mass is 341 g/mol. The molecule has 3 heteroatoms. The molecule has 1 nitrogen and oxygen atoms in total. The Hall–Kier alpha value is -0.410. The molecule has 0 aromatic heterocycles. The van der Waals surface area contributed by atoms with E-state index in [1.54, 1.807) is 6.07 Å². The van der Waals surface area contributed by atoms with E-state index < -0.39 is 0 Å².